The van der Waals surface area contributed by atoms with Gasteiger partial charge in [0.2, 0.25) is 5.91 Å². The van der Waals surface area contributed by atoms with Crippen LogP contribution in [-0.2, 0) is 9.59 Å². The summed E-state index contributed by atoms with van der Waals surface area (Å²) >= 11 is 1.28. The number of hydrogen-bond acceptors (Lipinski definition) is 5. The van der Waals surface area contributed by atoms with Crippen LogP contribution >= 0.6 is 11.3 Å². The predicted molar refractivity (Wildman–Crippen MR) is 71.7 cm³/mol. The fraction of sp³-hybridized carbons (Fsp3) is 0.250. The van der Waals surface area contributed by atoms with Crippen molar-refractivity contribution in [2.24, 2.45) is 0 Å². The Morgan fingerprint density at radius 2 is 2.26 bits per heavy atom. The van der Waals surface area contributed by atoms with Crippen LogP contribution < -0.4 is 10.1 Å². The summed E-state index contributed by atoms with van der Waals surface area (Å²) in [5.74, 6) is -1.02. The van der Waals surface area contributed by atoms with Gasteiger partial charge in [0.25, 0.3) is 0 Å². The van der Waals surface area contributed by atoms with Crippen molar-refractivity contribution in [3.05, 3.63) is 18.2 Å². The molecule has 0 atom stereocenters. The molecule has 0 radical (unpaired) electrons. The number of carboxylic acids is 1. The number of hydrogen-bond donors (Lipinski definition) is 2. The van der Waals surface area contributed by atoms with E-state index in [1.165, 1.54) is 11.3 Å². The van der Waals surface area contributed by atoms with Crippen molar-refractivity contribution < 1.29 is 19.4 Å². The maximum Gasteiger partial charge on any atom is 0.312 e. The number of aliphatic carboxylic acids is 1. The van der Waals surface area contributed by atoms with Gasteiger partial charge in [0.1, 0.15) is 12.2 Å². The largest absolute Gasteiger partial charge is 0.494 e. The van der Waals surface area contributed by atoms with Gasteiger partial charge in [-0.1, -0.05) is 11.3 Å². The second-order valence-electron chi connectivity index (χ2n) is 3.70. The van der Waals surface area contributed by atoms with Crippen LogP contribution in [0.1, 0.15) is 13.3 Å². The van der Waals surface area contributed by atoms with Crippen LogP contribution in [0, 0.1) is 0 Å². The number of ether oxygens (including phenoxy) is 1. The van der Waals surface area contributed by atoms with Crippen LogP contribution in [0.25, 0.3) is 10.2 Å². The van der Waals surface area contributed by atoms with Crippen LogP contribution in [-0.4, -0.2) is 28.6 Å². The Morgan fingerprint density at radius 1 is 1.47 bits per heavy atom. The third-order valence-corrected chi connectivity index (χ3v) is 3.16. The molecule has 2 rings (SSSR count). The average molecular weight is 280 g/mol. The van der Waals surface area contributed by atoms with Gasteiger partial charge in [-0.25, -0.2) is 4.98 Å². The van der Waals surface area contributed by atoms with Gasteiger partial charge in [-0.3, -0.25) is 9.59 Å². The van der Waals surface area contributed by atoms with E-state index >= 15 is 0 Å². The summed E-state index contributed by atoms with van der Waals surface area (Å²) in [4.78, 5) is 25.9. The summed E-state index contributed by atoms with van der Waals surface area (Å²) in [6.07, 6.45) is -0.569. The number of nitrogens with one attached hydrogen (secondary N) is 1. The van der Waals surface area contributed by atoms with Crippen molar-refractivity contribution in [2.45, 2.75) is 13.3 Å². The molecular weight excluding hydrogens is 268 g/mol. The first-order chi connectivity index (χ1) is 9.08. The lowest BCUT2D eigenvalue weighted by molar-refractivity contribution is -0.139. The van der Waals surface area contributed by atoms with Crippen LogP contribution in [0.2, 0.25) is 0 Å². The van der Waals surface area contributed by atoms with Gasteiger partial charge in [0, 0.05) is 0 Å². The Labute approximate surface area is 113 Å². The van der Waals surface area contributed by atoms with E-state index in [1.807, 2.05) is 13.0 Å². The highest BCUT2D eigenvalue weighted by Crippen LogP contribution is 2.29. The number of rotatable bonds is 5. The van der Waals surface area contributed by atoms with Gasteiger partial charge in [0.05, 0.1) is 16.8 Å². The van der Waals surface area contributed by atoms with Crippen molar-refractivity contribution in [3.63, 3.8) is 0 Å². The molecule has 0 aliphatic rings. The van der Waals surface area contributed by atoms with Gasteiger partial charge >= 0.3 is 5.97 Å². The van der Waals surface area contributed by atoms with Gasteiger partial charge in [0.15, 0.2) is 5.13 Å². The quantitative estimate of drug-likeness (QED) is 0.819. The van der Waals surface area contributed by atoms with E-state index in [0.717, 1.165) is 16.0 Å². The van der Waals surface area contributed by atoms with Crippen LogP contribution in [0.4, 0.5) is 5.13 Å². The number of nitrogens with zero attached hydrogens (tertiary/aromatic N) is 1. The Hall–Kier alpha value is -2.15. The topological polar surface area (TPSA) is 88.5 Å². The molecule has 0 bridgehead atoms. The molecule has 0 saturated carbocycles. The van der Waals surface area contributed by atoms with Crippen molar-refractivity contribution in [1.82, 2.24) is 4.98 Å². The van der Waals surface area contributed by atoms with Crippen molar-refractivity contribution in [2.75, 3.05) is 11.9 Å². The molecule has 2 aromatic rings. The lowest BCUT2D eigenvalue weighted by Gasteiger charge is -2.00. The summed E-state index contributed by atoms with van der Waals surface area (Å²) in [6.45, 7) is 2.47. The van der Waals surface area contributed by atoms with Gasteiger partial charge in [-0.05, 0) is 25.1 Å². The number of carboxylic acid groups (broad SMARTS) is 1. The molecule has 0 aliphatic carbocycles. The summed E-state index contributed by atoms with van der Waals surface area (Å²) in [7, 11) is 0. The molecule has 2 N–H and O–H groups in total. The van der Waals surface area contributed by atoms with E-state index < -0.39 is 18.3 Å². The number of carbonyl (C=O) groups excluding carboxylic acids is 1. The zero-order chi connectivity index (χ0) is 13.8. The zero-order valence-electron chi connectivity index (χ0n) is 10.2. The SMILES string of the molecule is CCOc1ccc2nc(NC(=O)CC(=O)O)sc2c1. The first-order valence-corrected chi connectivity index (χ1v) is 6.45. The van der Waals surface area contributed by atoms with E-state index in [-0.39, 0.29) is 0 Å². The number of anilines is 1. The first kappa shape index (κ1) is 13.3. The maximum absolute atomic E-state index is 11.3. The molecule has 0 aliphatic heterocycles. The molecule has 0 fully saturated rings. The van der Waals surface area contributed by atoms with Crippen LogP contribution in [0.15, 0.2) is 18.2 Å². The number of amides is 1. The number of fused-ring (bicyclic) bond motifs is 1. The number of aromatic nitrogens is 1. The minimum absolute atomic E-state index is 0.384. The Kier molecular flexibility index (Phi) is 3.96. The summed E-state index contributed by atoms with van der Waals surface area (Å²) in [5, 5.41) is 11.3. The molecule has 0 unspecified atom stereocenters. The molecule has 1 amide bonds. The molecule has 1 aromatic heterocycles. The highest BCUT2D eigenvalue weighted by atomic mass is 32.1. The average Bonchev–Trinajstić information content (AvgIpc) is 2.69. The number of thiazole rings is 1. The van der Waals surface area contributed by atoms with Crippen molar-refractivity contribution in [3.8, 4) is 5.75 Å². The van der Waals surface area contributed by atoms with E-state index in [4.69, 9.17) is 9.84 Å². The van der Waals surface area contributed by atoms with Crippen LogP contribution in [0.5, 0.6) is 5.75 Å². The summed E-state index contributed by atoms with van der Waals surface area (Å²) in [6, 6.07) is 5.43. The predicted octanol–water partition coefficient (Wildman–Crippen LogP) is 2.11. The van der Waals surface area contributed by atoms with E-state index in [0.29, 0.717) is 11.7 Å². The zero-order valence-corrected chi connectivity index (χ0v) is 11.0. The van der Waals surface area contributed by atoms with Crippen molar-refractivity contribution >= 4 is 38.6 Å². The lowest BCUT2D eigenvalue weighted by atomic mass is 10.3. The Balaban J connectivity index is 2.17. The summed E-state index contributed by atoms with van der Waals surface area (Å²) in [5.41, 5.74) is 0.735. The molecule has 0 spiro atoms. The molecule has 1 heterocycles. The maximum atomic E-state index is 11.3. The third kappa shape index (κ3) is 3.41. The van der Waals surface area contributed by atoms with Crippen molar-refractivity contribution in [1.29, 1.82) is 0 Å². The standard InChI is InChI=1S/C12H12N2O4S/c1-2-18-7-3-4-8-9(5-7)19-12(13-8)14-10(15)6-11(16)17/h3-5H,2,6H2,1H3,(H,16,17)(H,13,14,15). The minimum atomic E-state index is -1.17. The monoisotopic (exact) mass is 280 g/mol. The Bertz CT molecular complexity index is 623. The van der Waals surface area contributed by atoms with E-state index in [1.54, 1.807) is 12.1 Å². The molecule has 7 heteroatoms. The molecule has 6 nitrogen and oxygen atoms in total. The normalized spacial score (nSPS) is 10.4. The second kappa shape index (κ2) is 5.66. The highest BCUT2D eigenvalue weighted by Gasteiger charge is 2.11. The van der Waals surface area contributed by atoms with E-state index in [2.05, 4.69) is 10.3 Å². The van der Waals surface area contributed by atoms with Gasteiger partial charge in [-0.15, -0.1) is 0 Å². The highest BCUT2D eigenvalue weighted by molar-refractivity contribution is 7.22. The summed E-state index contributed by atoms with van der Waals surface area (Å²) < 4.78 is 6.24. The fourth-order valence-electron chi connectivity index (χ4n) is 1.52. The Morgan fingerprint density at radius 3 is 2.95 bits per heavy atom. The second-order valence-corrected chi connectivity index (χ2v) is 4.73. The smallest absolute Gasteiger partial charge is 0.312 e. The number of benzene rings is 1. The molecule has 19 heavy (non-hydrogen) atoms. The molecule has 0 saturated heterocycles. The first-order valence-electron chi connectivity index (χ1n) is 5.63. The van der Waals surface area contributed by atoms with Gasteiger partial charge < -0.3 is 15.2 Å². The van der Waals surface area contributed by atoms with Gasteiger partial charge in [-0.2, -0.15) is 0 Å². The minimum Gasteiger partial charge on any atom is -0.494 e. The number of carbonyl (C=O) groups is 2. The lowest BCUT2D eigenvalue weighted by Crippen LogP contribution is -2.15. The fourth-order valence-corrected chi connectivity index (χ4v) is 2.43. The van der Waals surface area contributed by atoms with E-state index in [9.17, 15) is 9.59 Å². The molecule has 100 valence electrons. The molecule has 1 aromatic carbocycles. The molecular formula is C12H12N2O4S. The third-order valence-electron chi connectivity index (χ3n) is 2.23. The van der Waals surface area contributed by atoms with Crippen LogP contribution in [0.3, 0.4) is 0 Å².